The molecule has 0 aromatic carbocycles. The molecule has 1 atom stereocenters. The van der Waals surface area contributed by atoms with E-state index >= 15 is 0 Å². The molecule has 1 aromatic heterocycles. The lowest BCUT2D eigenvalue weighted by molar-refractivity contribution is -0.209. The van der Waals surface area contributed by atoms with Crippen molar-refractivity contribution in [3.8, 4) is 0 Å². The Bertz CT molecular complexity index is 738. The topological polar surface area (TPSA) is 50.6 Å². The van der Waals surface area contributed by atoms with Gasteiger partial charge in [-0.2, -0.15) is 18.3 Å². The number of aromatic nitrogens is 2. The van der Waals surface area contributed by atoms with Gasteiger partial charge in [-0.3, -0.25) is 9.58 Å². The molecule has 2 aliphatic rings. The van der Waals surface area contributed by atoms with Crippen LogP contribution in [0.25, 0.3) is 0 Å². The van der Waals surface area contributed by atoms with Crippen LogP contribution in [-0.2, 0) is 17.7 Å². The first-order chi connectivity index (χ1) is 12.9. The minimum atomic E-state index is -4.35. The number of carbonyl (C=O) groups excluding carboxylic acids is 1. The number of amides is 1. The molecule has 0 N–H and O–H groups in total. The first-order valence-corrected chi connectivity index (χ1v) is 10.2. The number of likely N-dealkylation sites (tertiary alicyclic amines) is 1. The summed E-state index contributed by atoms with van der Waals surface area (Å²) < 4.78 is 49.5. The van der Waals surface area contributed by atoms with Crippen LogP contribution in [0, 0.1) is 12.8 Å². The number of halogens is 4. The monoisotopic (exact) mass is 466 g/mol. The Hall–Kier alpha value is -1.29. The van der Waals surface area contributed by atoms with Gasteiger partial charge in [-0.25, -0.2) is 4.79 Å². The van der Waals surface area contributed by atoms with E-state index in [1.54, 1.807) is 25.5 Å². The first-order valence-electron chi connectivity index (χ1n) is 9.37. The molecule has 3 heterocycles. The minimum Gasteiger partial charge on any atom is -0.444 e. The molecule has 1 amide bonds. The SMILES string of the molecule is Cc1c(Br)nn2c1CCN(C(C1CN(C(=O)OC(C)(C)C)C1)C(F)(F)F)CC2. The lowest BCUT2D eigenvalue weighted by Gasteiger charge is -2.47. The van der Waals surface area contributed by atoms with Gasteiger partial charge in [-0.05, 0) is 43.6 Å². The van der Waals surface area contributed by atoms with E-state index in [9.17, 15) is 18.0 Å². The van der Waals surface area contributed by atoms with Crippen molar-refractivity contribution in [1.82, 2.24) is 19.6 Å². The summed E-state index contributed by atoms with van der Waals surface area (Å²) in [6.45, 7) is 8.25. The average molecular weight is 467 g/mol. The molecule has 28 heavy (non-hydrogen) atoms. The number of hydrogen-bond donors (Lipinski definition) is 0. The van der Waals surface area contributed by atoms with Gasteiger partial charge >= 0.3 is 12.3 Å². The zero-order chi connectivity index (χ0) is 20.9. The number of fused-ring (bicyclic) bond motifs is 1. The Balaban J connectivity index is 1.67. The Morgan fingerprint density at radius 2 is 1.86 bits per heavy atom. The molecule has 0 aliphatic carbocycles. The molecule has 0 radical (unpaired) electrons. The highest BCUT2D eigenvalue weighted by atomic mass is 79.9. The van der Waals surface area contributed by atoms with Gasteiger partial charge in [-0.15, -0.1) is 0 Å². The maximum atomic E-state index is 13.9. The van der Waals surface area contributed by atoms with Crippen molar-refractivity contribution in [2.75, 3.05) is 26.2 Å². The van der Waals surface area contributed by atoms with Gasteiger partial charge in [0.2, 0.25) is 0 Å². The summed E-state index contributed by atoms with van der Waals surface area (Å²) in [5.41, 5.74) is 1.28. The van der Waals surface area contributed by atoms with Gasteiger partial charge in [0.1, 0.15) is 16.2 Å². The Morgan fingerprint density at radius 3 is 2.43 bits per heavy atom. The maximum Gasteiger partial charge on any atom is 0.410 e. The second kappa shape index (κ2) is 7.51. The van der Waals surface area contributed by atoms with Crippen LogP contribution in [0.4, 0.5) is 18.0 Å². The van der Waals surface area contributed by atoms with E-state index in [0.717, 1.165) is 15.9 Å². The second-order valence-electron chi connectivity index (χ2n) is 8.50. The highest BCUT2D eigenvalue weighted by molar-refractivity contribution is 9.10. The Kier molecular flexibility index (Phi) is 5.75. The molecule has 2 aliphatic heterocycles. The van der Waals surface area contributed by atoms with Gasteiger partial charge in [0.05, 0.1) is 6.54 Å². The lowest BCUT2D eigenvalue weighted by Crippen LogP contribution is -2.63. The van der Waals surface area contributed by atoms with E-state index in [0.29, 0.717) is 19.5 Å². The van der Waals surface area contributed by atoms with E-state index in [1.807, 2.05) is 6.92 Å². The molecular formula is C18H26BrF3N4O2. The highest BCUT2D eigenvalue weighted by Crippen LogP contribution is 2.36. The molecule has 1 unspecified atom stereocenters. The normalized spacial score (nSPS) is 20.4. The molecule has 1 aromatic rings. The summed E-state index contributed by atoms with van der Waals surface area (Å²) in [6, 6.07) is -1.57. The Labute approximate surface area is 171 Å². The molecule has 0 saturated carbocycles. The van der Waals surface area contributed by atoms with Crippen LogP contribution in [-0.4, -0.2) is 69.7 Å². The maximum absolute atomic E-state index is 13.9. The summed E-state index contributed by atoms with van der Waals surface area (Å²) in [7, 11) is 0. The van der Waals surface area contributed by atoms with Crippen LogP contribution in [0.15, 0.2) is 4.60 Å². The van der Waals surface area contributed by atoms with Gasteiger partial charge in [0.25, 0.3) is 0 Å². The van der Waals surface area contributed by atoms with Crippen molar-refractivity contribution < 1.29 is 22.7 Å². The third-order valence-electron chi connectivity index (χ3n) is 5.23. The van der Waals surface area contributed by atoms with Crippen molar-refractivity contribution in [3.63, 3.8) is 0 Å². The number of nitrogens with zero attached hydrogens (tertiary/aromatic N) is 4. The third kappa shape index (κ3) is 4.48. The first kappa shape index (κ1) is 21.4. The van der Waals surface area contributed by atoms with Crippen LogP contribution >= 0.6 is 15.9 Å². The zero-order valence-corrected chi connectivity index (χ0v) is 18.1. The van der Waals surface area contributed by atoms with Crippen molar-refractivity contribution in [3.05, 3.63) is 15.9 Å². The van der Waals surface area contributed by atoms with Crippen molar-refractivity contribution >= 4 is 22.0 Å². The quantitative estimate of drug-likeness (QED) is 0.667. The summed E-state index contributed by atoms with van der Waals surface area (Å²) in [4.78, 5) is 14.9. The number of alkyl halides is 3. The standard InChI is InChI=1S/C18H26BrF3N4O2/c1-11-13-5-6-24(7-8-26(13)23-15(11)19)14(18(20,21)22)12-9-25(10-12)16(27)28-17(2,3)4/h12,14H,5-10H2,1-4H3. The average Bonchev–Trinajstić information content (AvgIpc) is 2.65. The van der Waals surface area contributed by atoms with E-state index in [-0.39, 0.29) is 19.6 Å². The molecule has 0 spiro atoms. The molecule has 1 fully saturated rings. The van der Waals surface area contributed by atoms with Crippen LogP contribution in [0.5, 0.6) is 0 Å². The van der Waals surface area contributed by atoms with E-state index in [1.165, 1.54) is 9.80 Å². The van der Waals surface area contributed by atoms with Gasteiger partial charge in [0.15, 0.2) is 0 Å². The van der Waals surface area contributed by atoms with Crippen LogP contribution in [0.1, 0.15) is 32.0 Å². The molecule has 3 rings (SSSR count). The van der Waals surface area contributed by atoms with Crippen molar-refractivity contribution in [2.45, 2.75) is 58.5 Å². The largest absolute Gasteiger partial charge is 0.444 e. The predicted molar refractivity (Wildman–Crippen MR) is 101 cm³/mol. The fraction of sp³-hybridized carbons (Fsp3) is 0.778. The molecule has 158 valence electrons. The zero-order valence-electron chi connectivity index (χ0n) is 16.5. The molecule has 10 heteroatoms. The number of ether oxygens (including phenoxy) is 1. The summed E-state index contributed by atoms with van der Waals surface area (Å²) >= 11 is 3.39. The van der Waals surface area contributed by atoms with Gasteiger partial charge < -0.3 is 9.64 Å². The Morgan fingerprint density at radius 1 is 1.21 bits per heavy atom. The number of carbonyl (C=O) groups is 1. The third-order valence-corrected chi connectivity index (χ3v) is 5.99. The van der Waals surface area contributed by atoms with Crippen LogP contribution < -0.4 is 0 Å². The lowest BCUT2D eigenvalue weighted by atomic mass is 9.90. The fourth-order valence-corrected chi connectivity index (χ4v) is 4.30. The fourth-order valence-electron chi connectivity index (χ4n) is 3.88. The molecular weight excluding hydrogens is 441 g/mol. The van der Waals surface area contributed by atoms with Crippen LogP contribution in [0.2, 0.25) is 0 Å². The van der Waals surface area contributed by atoms with Crippen molar-refractivity contribution in [2.24, 2.45) is 5.92 Å². The van der Waals surface area contributed by atoms with E-state index in [4.69, 9.17) is 4.74 Å². The number of rotatable bonds is 2. The smallest absolute Gasteiger partial charge is 0.410 e. The van der Waals surface area contributed by atoms with Crippen molar-refractivity contribution in [1.29, 1.82) is 0 Å². The summed E-state index contributed by atoms with van der Waals surface area (Å²) in [5.74, 6) is -0.647. The minimum absolute atomic E-state index is 0.0602. The van der Waals surface area contributed by atoms with E-state index < -0.39 is 29.8 Å². The number of hydrogen-bond acceptors (Lipinski definition) is 4. The van der Waals surface area contributed by atoms with Gasteiger partial charge in [0, 0.05) is 49.8 Å². The summed E-state index contributed by atoms with van der Waals surface area (Å²) in [6.07, 6.45) is -4.40. The van der Waals surface area contributed by atoms with Gasteiger partial charge in [-0.1, -0.05) is 0 Å². The molecule has 1 saturated heterocycles. The highest BCUT2D eigenvalue weighted by Gasteiger charge is 2.53. The second-order valence-corrected chi connectivity index (χ2v) is 9.25. The molecule has 0 bridgehead atoms. The summed E-state index contributed by atoms with van der Waals surface area (Å²) in [5, 5.41) is 4.37. The predicted octanol–water partition coefficient (Wildman–Crippen LogP) is 3.61. The van der Waals surface area contributed by atoms with E-state index in [2.05, 4.69) is 21.0 Å². The van der Waals surface area contributed by atoms with Crippen LogP contribution in [0.3, 0.4) is 0 Å². The molecule has 6 nitrogen and oxygen atoms in total.